The van der Waals surface area contributed by atoms with Crippen LogP contribution >= 0.6 is 0 Å². The van der Waals surface area contributed by atoms with Crippen LogP contribution in [0.25, 0.3) is 0 Å². The third-order valence-electron chi connectivity index (χ3n) is 1.56. The van der Waals surface area contributed by atoms with Crippen molar-refractivity contribution in [3.05, 3.63) is 23.7 Å². The van der Waals surface area contributed by atoms with Gasteiger partial charge < -0.3 is 9.52 Å². The molecule has 0 aromatic carbocycles. The molecule has 62 valence electrons. The molecule has 1 heterocycles. The largest absolute Gasteiger partial charge is 0.469 e. The molecule has 0 atom stereocenters. The van der Waals surface area contributed by atoms with E-state index in [1.54, 1.807) is 20.1 Å². The van der Waals surface area contributed by atoms with Crippen molar-refractivity contribution < 1.29 is 9.52 Å². The van der Waals surface area contributed by atoms with Gasteiger partial charge in [0.05, 0.1) is 11.9 Å². The number of hydrogen-bond donors (Lipinski definition) is 1. The van der Waals surface area contributed by atoms with Gasteiger partial charge in [-0.15, -0.1) is 0 Å². The van der Waals surface area contributed by atoms with Gasteiger partial charge in [-0.3, -0.25) is 0 Å². The van der Waals surface area contributed by atoms with Crippen LogP contribution in [0.1, 0.15) is 25.2 Å². The SMILES string of the molecule is Cc1ccoc1CC(C)(C)O. The van der Waals surface area contributed by atoms with Gasteiger partial charge in [0.25, 0.3) is 0 Å². The third kappa shape index (κ3) is 2.39. The van der Waals surface area contributed by atoms with Crippen LogP contribution in [0, 0.1) is 6.92 Å². The highest BCUT2D eigenvalue weighted by Crippen LogP contribution is 2.16. The standard InChI is InChI=1S/C9H14O2/c1-7-4-5-11-8(7)6-9(2,3)10/h4-5,10H,6H2,1-3H3. The fourth-order valence-corrected chi connectivity index (χ4v) is 0.978. The highest BCUT2D eigenvalue weighted by molar-refractivity contribution is 5.15. The predicted octanol–water partition coefficient (Wildman–Crippen LogP) is 1.90. The van der Waals surface area contributed by atoms with E-state index in [4.69, 9.17) is 4.42 Å². The number of furan rings is 1. The zero-order valence-corrected chi connectivity index (χ0v) is 7.22. The zero-order chi connectivity index (χ0) is 8.48. The van der Waals surface area contributed by atoms with Crippen LogP contribution in [0.4, 0.5) is 0 Å². The van der Waals surface area contributed by atoms with Crippen LogP contribution in [0.15, 0.2) is 16.7 Å². The smallest absolute Gasteiger partial charge is 0.109 e. The molecule has 0 saturated carbocycles. The van der Waals surface area contributed by atoms with E-state index in [0.717, 1.165) is 11.3 Å². The average molecular weight is 154 g/mol. The van der Waals surface area contributed by atoms with Gasteiger partial charge in [0, 0.05) is 6.42 Å². The van der Waals surface area contributed by atoms with Crippen molar-refractivity contribution in [1.29, 1.82) is 0 Å². The molecule has 0 aliphatic rings. The summed E-state index contributed by atoms with van der Waals surface area (Å²) in [5.74, 6) is 0.873. The zero-order valence-electron chi connectivity index (χ0n) is 7.22. The van der Waals surface area contributed by atoms with E-state index in [1.807, 2.05) is 13.0 Å². The predicted molar refractivity (Wildman–Crippen MR) is 43.4 cm³/mol. The summed E-state index contributed by atoms with van der Waals surface area (Å²) < 4.78 is 5.18. The van der Waals surface area contributed by atoms with E-state index in [9.17, 15) is 5.11 Å². The molecule has 0 radical (unpaired) electrons. The lowest BCUT2D eigenvalue weighted by molar-refractivity contribution is 0.0750. The molecule has 1 aromatic heterocycles. The number of aliphatic hydroxyl groups is 1. The highest BCUT2D eigenvalue weighted by atomic mass is 16.3. The van der Waals surface area contributed by atoms with Crippen molar-refractivity contribution in [1.82, 2.24) is 0 Å². The van der Waals surface area contributed by atoms with Crippen molar-refractivity contribution in [2.24, 2.45) is 0 Å². The maximum absolute atomic E-state index is 9.45. The van der Waals surface area contributed by atoms with Crippen molar-refractivity contribution in [3.8, 4) is 0 Å². The molecule has 1 aromatic rings. The van der Waals surface area contributed by atoms with E-state index in [2.05, 4.69) is 0 Å². The second-order valence-electron chi connectivity index (χ2n) is 3.52. The molecule has 2 nitrogen and oxygen atoms in total. The van der Waals surface area contributed by atoms with Crippen LogP contribution in [0.3, 0.4) is 0 Å². The fourth-order valence-electron chi connectivity index (χ4n) is 0.978. The molecule has 0 aliphatic heterocycles. The van der Waals surface area contributed by atoms with Crippen molar-refractivity contribution in [2.75, 3.05) is 0 Å². The van der Waals surface area contributed by atoms with E-state index in [0.29, 0.717) is 6.42 Å². The second-order valence-corrected chi connectivity index (χ2v) is 3.52. The average Bonchev–Trinajstić information content (AvgIpc) is 2.12. The van der Waals surface area contributed by atoms with Crippen molar-refractivity contribution in [3.63, 3.8) is 0 Å². The highest BCUT2D eigenvalue weighted by Gasteiger charge is 2.16. The van der Waals surface area contributed by atoms with Gasteiger partial charge in [-0.1, -0.05) is 0 Å². The lowest BCUT2D eigenvalue weighted by Gasteiger charge is -2.15. The summed E-state index contributed by atoms with van der Waals surface area (Å²) >= 11 is 0. The first-order valence-corrected chi connectivity index (χ1v) is 3.74. The first-order valence-electron chi connectivity index (χ1n) is 3.74. The molecule has 0 unspecified atom stereocenters. The van der Waals surface area contributed by atoms with Gasteiger partial charge in [-0.2, -0.15) is 0 Å². The Hall–Kier alpha value is -0.760. The molecule has 11 heavy (non-hydrogen) atoms. The molecule has 0 amide bonds. The molecule has 2 heteroatoms. The molecule has 0 bridgehead atoms. The normalized spacial score (nSPS) is 12.0. The maximum atomic E-state index is 9.45. The Bertz CT molecular complexity index is 230. The van der Waals surface area contributed by atoms with Crippen LogP contribution in [-0.2, 0) is 6.42 Å². The topological polar surface area (TPSA) is 33.4 Å². The minimum absolute atomic E-state index is 0.575. The van der Waals surface area contributed by atoms with E-state index >= 15 is 0 Å². The lowest BCUT2D eigenvalue weighted by atomic mass is 10.0. The quantitative estimate of drug-likeness (QED) is 0.705. The Balaban J connectivity index is 2.72. The van der Waals surface area contributed by atoms with Crippen LogP contribution < -0.4 is 0 Å². The minimum Gasteiger partial charge on any atom is -0.469 e. The van der Waals surface area contributed by atoms with Gasteiger partial charge in [0.2, 0.25) is 0 Å². The summed E-state index contributed by atoms with van der Waals surface area (Å²) in [5.41, 5.74) is 0.426. The number of aryl methyl sites for hydroxylation is 1. The molecule has 0 saturated heterocycles. The summed E-state index contributed by atoms with van der Waals surface area (Å²) in [6.45, 7) is 5.52. The van der Waals surface area contributed by atoms with Gasteiger partial charge in [0.15, 0.2) is 0 Å². The van der Waals surface area contributed by atoms with Crippen LogP contribution in [0.5, 0.6) is 0 Å². The summed E-state index contributed by atoms with van der Waals surface area (Å²) in [4.78, 5) is 0. The summed E-state index contributed by atoms with van der Waals surface area (Å²) in [7, 11) is 0. The van der Waals surface area contributed by atoms with Gasteiger partial charge in [0.1, 0.15) is 5.76 Å². The summed E-state index contributed by atoms with van der Waals surface area (Å²) in [6.07, 6.45) is 2.22. The van der Waals surface area contributed by atoms with E-state index in [-0.39, 0.29) is 0 Å². The molecular weight excluding hydrogens is 140 g/mol. The van der Waals surface area contributed by atoms with Crippen molar-refractivity contribution in [2.45, 2.75) is 32.8 Å². The minimum atomic E-state index is -0.678. The lowest BCUT2D eigenvalue weighted by Crippen LogP contribution is -2.21. The first-order chi connectivity index (χ1) is 4.99. The Morgan fingerprint density at radius 3 is 2.55 bits per heavy atom. The molecule has 1 rings (SSSR count). The molecule has 0 aliphatic carbocycles. The first kappa shape index (κ1) is 8.34. The van der Waals surface area contributed by atoms with E-state index in [1.165, 1.54) is 0 Å². The Kier molecular flexibility index (Phi) is 2.05. The number of rotatable bonds is 2. The molecule has 1 N–H and O–H groups in total. The molecule has 0 spiro atoms. The molecule has 0 fully saturated rings. The van der Waals surface area contributed by atoms with Crippen molar-refractivity contribution >= 4 is 0 Å². The van der Waals surface area contributed by atoms with Crippen LogP contribution in [-0.4, -0.2) is 10.7 Å². The van der Waals surface area contributed by atoms with Gasteiger partial charge in [-0.25, -0.2) is 0 Å². The third-order valence-corrected chi connectivity index (χ3v) is 1.56. The number of hydrogen-bond acceptors (Lipinski definition) is 2. The van der Waals surface area contributed by atoms with E-state index < -0.39 is 5.60 Å². The van der Waals surface area contributed by atoms with Gasteiger partial charge in [-0.05, 0) is 32.4 Å². The van der Waals surface area contributed by atoms with Gasteiger partial charge >= 0.3 is 0 Å². The molecular formula is C9H14O2. The monoisotopic (exact) mass is 154 g/mol. The second kappa shape index (κ2) is 2.70. The Labute approximate surface area is 66.8 Å². The fraction of sp³-hybridized carbons (Fsp3) is 0.556. The Morgan fingerprint density at radius 2 is 2.18 bits per heavy atom. The maximum Gasteiger partial charge on any atom is 0.109 e. The Morgan fingerprint density at radius 1 is 1.55 bits per heavy atom. The summed E-state index contributed by atoms with van der Waals surface area (Å²) in [5, 5.41) is 9.45. The summed E-state index contributed by atoms with van der Waals surface area (Å²) in [6, 6.07) is 1.90. The van der Waals surface area contributed by atoms with Crippen LogP contribution in [0.2, 0.25) is 0 Å².